The molecule has 0 amide bonds. The van der Waals surface area contributed by atoms with Crippen LogP contribution in [0.4, 0.5) is 13.2 Å². The van der Waals surface area contributed by atoms with E-state index in [1.54, 1.807) is 0 Å². The molecule has 108 valence electrons. The Labute approximate surface area is 113 Å². The molecule has 0 spiro atoms. The molecule has 0 bridgehead atoms. The quantitative estimate of drug-likeness (QED) is 0.858. The third-order valence-corrected chi connectivity index (χ3v) is 3.95. The Balaban J connectivity index is 0.00000162. The second-order valence-electron chi connectivity index (χ2n) is 5.95. The molecule has 2 heterocycles. The van der Waals surface area contributed by atoms with Crippen LogP contribution in [0.5, 0.6) is 0 Å². The lowest BCUT2D eigenvalue weighted by Gasteiger charge is -2.29. The van der Waals surface area contributed by atoms with Crippen LogP contribution in [0.25, 0.3) is 0 Å². The molecule has 2 atom stereocenters. The predicted octanol–water partition coefficient (Wildman–Crippen LogP) is 2.68. The number of hydrogen-bond acceptors (Lipinski definition) is 2. The van der Waals surface area contributed by atoms with Crippen LogP contribution in [0.15, 0.2) is 0 Å². The van der Waals surface area contributed by atoms with Crippen molar-refractivity contribution in [1.29, 1.82) is 0 Å². The summed E-state index contributed by atoms with van der Waals surface area (Å²) in [6, 6.07) is 0. The van der Waals surface area contributed by atoms with E-state index in [0.717, 1.165) is 32.6 Å². The number of hydrogen-bond donors (Lipinski definition) is 1. The Bertz CT molecular complexity index is 265. The lowest BCUT2D eigenvalue weighted by Crippen LogP contribution is -2.36. The highest BCUT2D eigenvalue weighted by molar-refractivity contribution is 5.85. The van der Waals surface area contributed by atoms with E-state index < -0.39 is 12.6 Å². The summed E-state index contributed by atoms with van der Waals surface area (Å²) in [4.78, 5) is 2.21. The highest BCUT2D eigenvalue weighted by Gasteiger charge is 2.37. The number of halogens is 4. The van der Waals surface area contributed by atoms with Gasteiger partial charge in [0.25, 0.3) is 0 Å². The number of likely N-dealkylation sites (tertiary alicyclic amines) is 1. The van der Waals surface area contributed by atoms with E-state index in [2.05, 4.69) is 17.1 Å². The first-order chi connectivity index (χ1) is 7.86. The van der Waals surface area contributed by atoms with Crippen LogP contribution in [-0.4, -0.2) is 43.8 Å². The van der Waals surface area contributed by atoms with Gasteiger partial charge in [0.15, 0.2) is 0 Å². The number of nitrogens with zero attached hydrogens (tertiary/aromatic N) is 1. The monoisotopic (exact) mass is 286 g/mol. The highest BCUT2D eigenvalue weighted by Crippen LogP contribution is 2.33. The summed E-state index contributed by atoms with van der Waals surface area (Å²) >= 11 is 0. The molecule has 0 aromatic rings. The first-order valence-corrected chi connectivity index (χ1v) is 6.36. The fourth-order valence-corrected chi connectivity index (χ4v) is 3.09. The van der Waals surface area contributed by atoms with E-state index in [1.165, 1.54) is 0 Å². The molecule has 0 aliphatic carbocycles. The summed E-state index contributed by atoms with van der Waals surface area (Å²) in [5.74, 6) is -0.187. The van der Waals surface area contributed by atoms with E-state index in [4.69, 9.17) is 0 Å². The van der Waals surface area contributed by atoms with Gasteiger partial charge in [0, 0.05) is 26.1 Å². The van der Waals surface area contributed by atoms with Gasteiger partial charge in [-0.3, -0.25) is 0 Å². The maximum atomic E-state index is 12.3. The molecule has 0 saturated carbocycles. The average molecular weight is 287 g/mol. The van der Waals surface area contributed by atoms with Crippen molar-refractivity contribution in [2.45, 2.75) is 32.4 Å². The van der Waals surface area contributed by atoms with Crippen LogP contribution in [0.3, 0.4) is 0 Å². The lowest BCUT2D eigenvalue weighted by atomic mass is 9.89. The second kappa shape index (κ2) is 5.97. The molecule has 1 N–H and O–H groups in total. The molecular weight excluding hydrogens is 265 g/mol. The smallest absolute Gasteiger partial charge is 0.316 e. The number of nitrogens with one attached hydrogen (secondary N) is 1. The van der Waals surface area contributed by atoms with E-state index >= 15 is 0 Å². The van der Waals surface area contributed by atoms with Crippen LogP contribution in [0, 0.1) is 11.3 Å². The molecule has 0 radical (unpaired) electrons. The van der Waals surface area contributed by atoms with Gasteiger partial charge in [-0.25, -0.2) is 0 Å². The van der Waals surface area contributed by atoms with Gasteiger partial charge in [-0.2, -0.15) is 13.2 Å². The highest BCUT2D eigenvalue weighted by atomic mass is 35.5. The number of rotatable bonds is 3. The maximum absolute atomic E-state index is 12.3. The van der Waals surface area contributed by atoms with Crippen molar-refractivity contribution >= 4 is 12.4 Å². The predicted molar refractivity (Wildman–Crippen MR) is 68.1 cm³/mol. The van der Waals surface area contributed by atoms with Crippen LogP contribution < -0.4 is 5.32 Å². The zero-order valence-corrected chi connectivity index (χ0v) is 11.5. The Morgan fingerprint density at radius 1 is 1.39 bits per heavy atom. The minimum absolute atomic E-state index is 0. The Hall–Kier alpha value is 0. The second-order valence-corrected chi connectivity index (χ2v) is 5.95. The molecule has 6 heteroatoms. The SMILES string of the molecule is CC1(CN2CCC(CC(F)(F)F)C2)CCNC1.Cl. The van der Waals surface area contributed by atoms with E-state index in [-0.39, 0.29) is 23.7 Å². The Morgan fingerprint density at radius 2 is 2.11 bits per heavy atom. The molecule has 0 aromatic heterocycles. The lowest BCUT2D eigenvalue weighted by molar-refractivity contribution is -0.143. The maximum Gasteiger partial charge on any atom is 0.389 e. The minimum Gasteiger partial charge on any atom is -0.316 e. The molecular formula is C12H22ClF3N2. The van der Waals surface area contributed by atoms with Crippen LogP contribution in [0.1, 0.15) is 26.2 Å². The fourth-order valence-electron chi connectivity index (χ4n) is 3.09. The van der Waals surface area contributed by atoms with Crippen molar-refractivity contribution in [2.75, 3.05) is 32.7 Å². The van der Waals surface area contributed by atoms with Gasteiger partial charge < -0.3 is 10.2 Å². The summed E-state index contributed by atoms with van der Waals surface area (Å²) in [5.41, 5.74) is 0.257. The molecule has 2 unspecified atom stereocenters. The summed E-state index contributed by atoms with van der Waals surface area (Å²) in [5, 5.41) is 3.33. The van der Waals surface area contributed by atoms with Gasteiger partial charge in [0.1, 0.15) is 0 Å². The van der Waals surface area contributed by atoms with Crippen molar-refractivity contribution in [3.63, 3.8) is 0 Å². The molecule has 2 aliphatic heterocycles. The summed E-state index contributed by atoms with van der Waals surface area (Å²) in [6.07, 6.45) is -2.78. The summed E-state index contributed by atoms with van der Waals surface area (Å²) in [6.45, 7) is 6.65. The first-order valence-electron chi connectivity index (χ1n) is 6.36. The van der Waals surface area contributed by atoms with E-state index in [9.17, 15) is 13.2 Å². The minimum atomic E-state index is -4.00. The molecule has 18 heavy (non-hydrogen) atoms. The van der Waals surface area contributed by atoms with Crippen molar-refractivity contribution in [3.05, 3.63) is 0 Å². The summed E-state index contributed by atoms with van der Waals surface area (Å²) in [7, 11) is 0. The van der Waals surface area contributed by atoms with Crippen LogP contribution in [-0.2, 0) is 0 Å². The molecule has 2 fully saturated rings. The topological polar surface area (TPSA) is 15.3 Å². The van der Waals surface area contributed by atoms with Gasteiger partial charge >= 0.3 is 6.18 Å². The molecule has 2 rings (SSSR count). The zero-order valence-electron chi connectivity index (χ0n) is 10.7. The Morgan fingerprint density at radius 3 is 2.67 bits per heavy atom. The van der Waals surface area contributed by atoms with E-state index in [1.807, 2.05) is 0 Å². The molecule has 2 aliphatic rings. The van der Waals surface area contributed by atoms with Gasteiger partial charge in [-0.05, 0) is 37.3 Å². The Kier molecular flexibility index (Phi) is 5.32. The number of alkyl halides is 3. The molecule has 2 saturated heterocycles. The third kappa shape index (κ3) is 4.59. The largest absolute Gasteiger partial charge is 0.389 e. The standard InChI is InChI=1S/C12H21F3N2.ClH/c1-11(3-4-16-8-11)9-17-5-2-10(7-17)6-12(13,14)15;/h10,16H,2-9H2,1H3;1H. The van der Waals surface area contributed by atoms with Crippen molar-refractivity contribution < 1.29 is 13.2 Å². The molecule has 0 aromatic carbocycles. The van der Waals surface area contributed by atoms with Gasteiger partial charge in [-0.1, -0.05) is 6.92 Å². The third-order valence-electron chi connectivity index (χ3n) is 3.95. The van der Waals surface area contributed by atoms with Crippen LogP contribution in [0.2, 0.25) is 0 Å². The van der Waals surface area contributed by atoms with Crippen molar-refractivity contribution in [3.8, 4) is 0 Å². The van der Waals surface area contributed by atoms with Gasteiger partial charge in [0.05, 0.1) is 0 Å². The zero-order chi connectivity index (χ0) is 12.5. The van der Waals surface area contributed by atoms with Gasteiger partial charge in [-0.15, -0.1) is 12.4 Å². The summed E-state index contributed by atoms with van der Waals surface area (Å²) < 4.78 is 36.9. The van der Waals surface area contributed by atoms with Crippen molar-refractivity contribution in [2.24, 2.45) is 11.3 Å². The van der Waals surface area contributed by atoms with Crippen molar-refractivity contribution in [1.82, 2.24) is 10.2 Å². The molecule has 2 nitrogen and oxygen atoms in total. The van der Waals surface area contributed by atoms with Crippen LogP contribution >= 0.6 is 12.4 Å². The average Bonchev–Trinajstić information content (AvgIpc) is 2.74. The first kappa shape index (κ1) is 16.1. The van der Waals surface area contributed by atoms with Gasteiger partial charge in [0.2, 0.25) is 0 Å². The normalized spacial score (nSPS) is 33.7. The fraction of sp³-hybridized carbons (Fsp3) is 1.00. The van der Waals surface area contributed by atoms with E-state index in [0.29, 0.717) is 13.0 Å².